The monoisotopic (exact) mass is 234 g/mol. The van der Waals surface area contributed by atoms with E-state index in [2.05, 4.69) is 0 Å². The summed E-state index contributed by atoms with van der Waals surface area (Å²) in [4.78, 5) is 11.0. The number of hydrogen-bond acceptors (Lipinski definition) is 2. The molecule has 1 aromatic carbocycles. The number of aliphatic carboxylic acids is 1. The maximum absolute atomic E-state index is 11.0. The van der Waals surface area contributed by atoms with Crippen molar-refractivity contribution in [3.05, 3.63) is 29.8 Å². The van der Waals surface area contributed by atoms with Crippen molar-refractivity contribution in [2.75, 3.05) is 7.11 Å². The summed E-state index contributed by atoms with van der Waals surface area (Å²) in [6, 6.07) is 7.99. The molecule has 0 amide bonds. The molecule has 0 spiro atoms. The summed E-state index contributed by atoms with van der Waals surface area (Å²) >= 11 is 0. The van der Waals surface area contributed by atoms with Crippen LogP contribution < -0.4 is 4.74 Å². The molecule has 1 aliphatic rings. The van der Waals surface area contributed by atoms with E-state index >= 15 is 0 Å². The van der Waals surface area contributed by atoms with Crippen LogP contribution in [0.4, 0.5) is 0 Å². The van der Waals surface area contributed by atoms with Crippen LogP contribution in [0.1, 0.15) is 37.2 Å². The van der Waals surface area contributed by atoms with Crippen molar-refractivity contribution >= 4 is 5.97 Å². The van der Waals surface area contributed by atoms with Gasteiger partial charge in [-0.1, -0.05) is 18.6 Å². The maximum atomic E-state index is 11.0. The Bertz CT molecular complexity index is 383. The summed E-state index contributed by atoms with van der Waals surface area (Å²) < 4.78 is 5.12. The molecule has 1 N–H and O–H groups in total. The van der Waals surface area contributed by atoms with Crippen LogP contribution in [-0.2, 0) is 4.79 Å². The lowest BCUT2D eigenvalue weighted by atomic mass is 9.78. The van der Waals surface area contributed by atoms with E-state index in [1.165, 1.54) is 5.56 Å². The van der Waals surface area contributed by atoms with Gasteiger partial charge < -0.3 is 9.84 Å². The average molecular weight is 234 g/mol. The third-order valence-electron chi connectivity index (χ3n) is 3.61. The first kappa shape index (κ1) is 12.0. The van der Waals surface area contributed by atoms with Crippen LogP contribution in [0.2, 0.25) is 0 Å². The van der Waals surface area contributed by atoms with Gasteiger partial charge in [0, 0.05) is 0 Å². The average Bonchev–Trinajstić information content (AvgIpc) is 2.39. The van der Waals surface area contributed by atoms with E-state index in [0.29, 0.717) is 5.92 Å². The van der Waals surface area contributed by atoms with Crippen LogP contribution in [0.25, 0.3) is 0 Å². The second kappa shape index (κ2) is 5.21. The highest BCUT2D eigenvalue weighted by atomic mass is 16.5. The van der Waals surface area contributed by atoms with E-state index in [-0.39, 0.29) is 5.92 Å². The molecule has 0 radical (unpaired) electrons. The zero-order chi connectivity index (χ0) is 12.3. The number of carboxylic acid groups (broad SMARTS) is 1. The number of methoxy groups -OCH3 is 1. The predicted molar refractivity (Wildman–Crippen MR) is 65.3 cm³/mol. The Hall–Kier alpha value is -1.51. The van der Waals surface area contributed by atoms with E-state index in [4.69, 9.17) is 9.84 Å². The summed E-state index contributed by atoms with van der Waals surface area (Å²) in [6.45, 7) is 0. The molecule has 0 bridgehead atoms. The molecule has 2 atom stereocenters. The Morgan fingerprint density at radius 2 is 2.00 bits per heavy atom. The lowest BCUT2D eigenvalue weighted by Crippen LogP contribution is -2.21. The van der Waals surface area contributed by atoms with Crippen molar-refractivity contribution in [3.8, 4) is 5.75 Å². The van der Waals surface area contributed by atoms with Crippen molar-refractivity contribution in [3.63, 3.8) is 0 Å². The molecule has 0 aliphatic heterocycles. The minimum Gasteiger partial charge on any atom is -0.497 e. The highest BCUT2D eigenvalue weighted by molar-refractivity contribution is 5.70. The zero-order valence-electron chi connectivity index (χ0n) is 10.1. The van der Waals surface area contributed by atoms with E-state index in [9.17, 15) is 4.79 Å². The fourth-order valence-corrected chi connectivity index (χ4v) is 2.59. The fraction of sp³-hybridized carbons (Fsp3) is 0.500. The number of carbonyl (C=O) groups is 1. The second-order valence-corrected chi connectivity index (χ2v) is 4.67. The SMILES string of the molecule is COc1ccc(C2CCCC(C(=O)O)C2)cc1. The molecule has 2 rings (SSSR count). The van der Waals surface area contributed by atoms with Crippen LogP contribution in [-0.4, -0.2) is 18.2 Å². The van der Waals surface area contributed by atoms with E-state index in [1.807, 2.05) is 24.3 Å². The van der Waals surface area contributed by atoms with Crippen LogP contribution in [0, 0.1) is 5.92 Å². The standard InChI is InChI=1S/C14H18O3/c1-17-13-7-5-10(6-8-13)11-3-2-4-12(9-11)14(15)16/h5-8,11-12H,2-4,9H2,1H3,(H,15,16). The number of benzene rings is 1. The smallest absolute Gasteiger partial charge is 0.306 e. The Morgan fingerprint density at radius 3 is 2.59 bits per heavy atom. The molecule has 2 unspecified atom stereocenters. The van der Waals surface area contributed by atoms with Gasteiger partial charge in [-0.05, 0) is 42.9 Å². The first-order valence-corrected chi connectivity index (χ1v) is 6.07. The molecule has 0 heterocycles. The van der Waals surface area contributed by atoms with Gasteiger partial charge in [0.2, 0.25) is 0 Å². The Morgan fingerprint density at radius 1 is 1.29 bits per heavy atom. The molecule has 17 heavy (non-hydrogen) atoms. The van der Waals surface area contributed by atoms with Crippen molar-refractivity contribution in [1.82, 2.24) is 0 Å². The third-order valence-corrected chi connectivity index (χ3v) is 3.61. The van der Waals surface area contributed by atoms with Crippen molar-refractivity contribution in [2.45, 2.75) is 31.6 Å². The first-order chi connectivity index (χ1) is 8.20. The van der Waals surface area contributed by atoms with Gasteiger partial charge >= 0.3 is 5.97 Å². The molecular formula is C14H18O3. The van der Waals surface area contributed by atoms with Crippen molar-refractivity contribution in [1.29, 1.82) is 0 Å². The molecule has 3 heteroatoms. The Balaban J connectivity index is 2.08. The van der Waals surface area contributed by atoms with E-state index in [1.54, 1.807) is 7.11 Å². The summed E-state index contributed by atoms with van der Waals surface area (Å²) in [6.07, 6.45) is 3.69. The molecule has 92 valence electrons. The molecule has 0 aromatic heterocycles. The molecule has 1 aliphatic carbocycles. The quantitative estimate of drug-likeness (QED) is 0.874. The summed E-state index contributed by atoms with van der Waals surface area (Å²) in [7, 11) is 1.65. The topological polar surface area (TPSA) is 46.5 Å². The first-order valence-electron chi connectivity index (χ1n) is 6.07. The Kier molecular flexibility index (Phi) is 3.67. The van der Waals surface area contributed by atoms with Crippen LogP contribution in [0.3, 0.4) is 0 Å². The largest absolute Gasteiger partial charge is 0.497 e. The van der Waals surface area contributed by atoms with E-state index in [0.717, 1.165) is 31.4 Å². The lowest BCUT2D eigenvalue weighted by molar-refractivity contribution is -0.142. The molecular weight excluding hydrogens is 216 g/mol. The Labute approximate surface area is 101 Å². The van der Waals surface area contributed by atoms with Gasteiger partial charge in [-0.2, -0.15) is 0 Å². The second-order valence-electron chi connectivity index (χ2n) is 4.67. The van der Waals surface area contributed by atoms with Gasteiger partial charge in [-0.3, -0.25) is 4.79 Å². The minimum absolute atomic E-state index is 0.171. The van der Waals surface area contributed by atoms with Gasteiger partial charge in [0.05, 0.1) is 13.0 Å². The normalized spacial score (nSPS) is 24.3. The maximum Gasteiger partial charge on any atom is 0.306 e. The molecule has 0 saturated heterocycles. The van der Waals surface area contributed by atoms with Crippen LogP contribution in [0.15, 0.2) is 24.3 Å². The molecule has 1 saturated carbocycles. The van der Waals surface area contributed by atoms with Gasteiger partial charge in [0.25, 0.3) is 0 Å². The van der Waals surface area contributed by atoms with Gasteiger partial charge in [-0.15, -0.1) is 0 Å². The van der Waals surface area contributed by atoms with Crippen LogP contribution >= 0.6 is 0 Å². The molecule has 1 aromatic rings. The van der Waals surface area contributed by atoms with Crippen LogP contribution in [0.5, 0.6) is 5.75 Å². The minimum atomic E-state index is -0.650. The number of rotatable bonds is 3. The number of carboxylic acids is 1. The zero-order valence-corrected chi connectivity index (χ0v) is 10.1. The number of ether oxygens (including phenoxy) is 1. The van der Waals surface area contributed by atoms with Gasteiger partial charge in [0.1, 0.15) is 5.75 Å². The third kappa shape index (κ3) is 2.78. The summed E-state index contributed by atoms with van der Waals surface area (Å²) in [5.41, 5.74) is 1.23. The van der Waals surface area contributed by atoms with E-state index < -0.39 is 5.97 Å². The van der Waals surface area contributed by atoms with Crippen molar-refractivity contribution in [2.24, 2.45) is 5.92 Å². The molecule has 3 nitrogen and oxygen atoms in total. The lowest BCUT2D eigenvalue weighted by Gasteiger charge is -2.26. The highest BCUT2D eigenvalue weighted by Crippen LogP contribution is 2.36. The highest BCUT2D eigenvalue weighted by Gasteiger charge is 2.27. The van der Waals surface area contributed by atoms with Gasteiger partial charge in [0.15, 0.2) is 0 Å². The summed E-state index contributed by atoms with van der Waals surface area (Å²) in [5, 5.41) is 9.07. The van der Waals surface area contributed by atoms with Crippen molar-refractivity contribution < 1.29 is 14.6 Å². The van der Waals surface area contributed by atoms with Gasteiger partial charge in [-0.25, -0.2) is 0 Å². The fourth-order valence-electron chi connectivity index (χ4n) is 2.59. The number of hydrogen-bond donors (Lipinski definition) is 1. The predicted octanol–water partition coefficient (Wildman–Crippen LogP) is 3.05. The summed E-state index contributed by atoms with van der Waals surface area (Å²) in [5.74, 6) is 0.411. The molecule has 1 fully saturated rings.